The molecule has 0 saturated heterocycles. The first-order valence-electron chi connectivity index (χ1n) is 6.38. The molecule has 0 saturated carbocycles. The molecule has 1 atom stereocenters. The third kappa shape index (κ3) is 7.76. The van der Waals surface area contributed by atoms with Crippen molar-refractivity contribution in [3.05, 3.63) is 68.6 Å². The van der Waals surface area contributed by atoms with Crippen molar-refractivity contribution in [1.82, 2.24) is 0 Å². The summed E-state index contributed by atoms with van der Waals surface area (Å²) in [6.07, 6.45) is 0.0906. The molecule has 0 aliphatic heterocycles. The van der Waals surface area contributed by atoms with Gasteiger partial charge in [-0.2, -0.15) is 0 Å². The average Bonchev–Trinajstić information content (AvgIpc) is 2.50. The Bertz CT molecular complexity index is 654. The van der Waals surface area contributed by atoms with Crippen LogP contribution in [-0.4, -0.2) is 22.2 Å². The number of rotatable bonds is 4. The summed E-state index contributed by atoms with van der Waals surface area (Å²) in [6.45, 7) is 0. The van der Waals surface area contributed by atoms with Gasteiger partial charge in [-0.3, -0.25) is 9.59 Å². The van der Waals surface area contributed by atoms with Gasteiger partial charge in [-0.1, -0.05) is 72.1 Å². The van der Waals surface area contributed by atoms with Crippen molar-refractivity contribution in [2.75, 3.05) is 0 Å². The highest BCUT2D eigenvalue weighted by molar-refractivity contribution is 9.10. The third-order valence-corrected chi connectivity index (χ3v) is 4.63. The van der Waals surface area contributed by atoms with Gasteiger partial charge in [0.25, 0.3) is 0 Å². The standard InChI is InChI=1S/C8H6Br2O2.C8H7BrO2/c9-6-3-1-5(2-4-6)7(10)8(11)12;9-7-3-1-6(2-4-7)5-8(10)11/h1-4,7H,(H,11,12);1-4H,5H2,(H,10,11). The predicted octanol–water partition coefficient (Wildman–Crippen LogP) is 5.05. The number of benzene rings is 2. The Morgan fingerprint density at radius 2 is 1.30 bits per heavy atom. The Hall–Kier alpha value is -1.18. The number of alkyl halides is 1. The summed E-state index contributed by atoms with van der Waals surface area (Å²) in [5, 5.41) is 17.1. The number of hydrogen-bond acceptors (Lipinski definition) is 2. The molecule has 4 nitrogen and oxygen atoms in total. The number of hydrogen-bond donors (Lipinski definition) is 2. The number of halogens is 3. The van der Waals surface area contributed by atoms with E-state index in [9.17, 15) is 9.59 Å². The summed E-state index contributed by atoms with van der Waals surface area (Å²) in [4.78, 5) is 20.1. The highest BCUT2D eigenvalue weighted by Crippen LogP contribution is 2.24. The second-order valence-electron chi connectivity index (χ2n) is 4.45. The molecule has 0 aliphatic rings. The fourth-order valence-electron chi connectivity index (χ4n) is 1.55. The Morgan fingerprint density at radius 3 is 1.70 bits per heavy atom. The second kappa shape index (κ2) is 9.85. The molecule has 0 aromatic heterocycles. The van der Waals surface area contributed by atoms with E-state index in [4.69, 9.17) is 10.2 Å². The van der Waals surface area contributed by atoms with Gasteiger partial charge >= 0.3 is 11.9 Å². The summed E-state index contributed by atoms with van der Waals surface area (Å²) in [6, 6.07) is 14.4. The van der Waals surface area contributed by atoms with Crippen LogP contribution >= 0.6 is 47.8 Å². The van der Waals surface area contributed by atoms with Gasteiger partial charge in [0.05, 0.1) is 6.42 Å². The van der Waals surface area contributed by atoms with E-state index in [-0.39, 0.29) is 6.42 Å². The van der Waals surface area contributed by atoms with Gasteiger partial charge in [-0.25, -0.2) is 0 Å². The van der Waals surface area contributed by atoms with E-state index in [1.54, 1.807) is 24.3 Å². The number of carboxylic acid groups (broad SMARTS) is 2. The zero-order valence-corrected chi connectivity index (χ0v) is 16.5. The maximum Gasteiger partial charge on any atom is 0.321 e. The van der Waals surface area contributed by atoms with Crippen LogP contribution in [0.2, 0.25) is 0 Å². The van der Waals surface area contributed by atoms with E-state index in [0.29, 0.717) is 0 Å². The first kappa shape index (κ1) is 19.9. The van der Waals surface area contributed by atoms with Gasteiger partial charge in [-0.05, 0) is 35.4 Å². The van der Waals surface area contributed by atoms with Crippen molar-refractivity contribution in [3.8, 4) is 0 Å². The molecule has 1 unspecified atom stereocenters. The summed E-state index contributed by atoms with van der Waals surface area (Å²) < 4.78 is 1.91. The molecule has 7 heteroatoms. The van der Waals surface area contributed by atoms with Gasteiger partial charge in [0.1, 0.15) is 4.83 Å². The Labute approximate surface area is 158 Å². The van der Waals surface area contributed by atoms with E-state index < -0.39 is 16.8 Å². The zero-order chi connectivity index (χ0) is 17.4. The summed E-state index contributed by atoms with van der Waals surface area (Å²) >= 11 is 9.59. The Balaban J connectivity index is 0.000000231. The van der Waals surface area contributed by atoms with Crippen molar-refractivity contribution in [2.45, 2.75) is 11.2 Å². The van der Waals surface area contributed by atoms with Crippen molar-refractivity contribution in [3.63, 3.8) is 0 Å². The van der Waals surface area contributed by atoms with E-state index in [1.807, 2.05) is 24.3 Å². The fourth-order valence-corrected chi connectivity index (χ4v) is 2.39. The monoisotopic (exact) mass is 506 g/mol. The highest BCUT2D eigenvalue weighted by atomic mass is 79.9. The minimum Gasteiger partial charge on any atom is -0.481 e. The van der Waals surface area contributed by atoms with Gasteiger partial charge in [0.15, 0.2) is 0 Å². The smallest absolute Gasteiger partial charge is 0.321 e. The quantitative estimate of drug-likeness (QED) is 0.567. The van der Waals surface area contributed by atoms with Crippen molar-refractivity contribution >= 4 is 59.7 Å². The lowest BCUT2D eigenvalue weighted by Crippen LogP contribution is -2.03. The van der Waals surface area contributed by atoms with Gasteiger partial charge < -0.3 is 10.2 Å². The first-order valence-corrected chi connectivity index (χ1v) is 8.88. The minimum atomic E-state index is -0.877. The molecule has 2 rings (SSSR count). The lowest BCUT2D eigenvalue weighted by molar-refractivity contribution is -0.137. The van der Waals surface area contributed by atoms with Crippen LogP contribution in [0.4, 0.5) is 0 Å². The molecule has 0 spiro atoms. The number of carbonyl (C=O) groups is 2. The van der Waals surface area contributed by atoms with Crippen molar-refractivity contribution < 1.29 is 19.8 Å². The normalized spacial score (nSPS) is 11.1. The van der Waals surface area contributed by atoms with E-state index >= 15 is 0 Å². The van der Waals surface area contributed by atoms with Crippen LogP contribution < -0.4 is 0 Å². The minimum absolute atomic E-state index is 0.0906. The third-order valence-electron chi connectivity index (χ3n) is 2.65. The SMILES string of the molecule is O=C(O)C(Br)c1ccc(Br)cc1.O=C(O)Cc1ccc(Br)cc1. The van der Waals surface area contributed by atoms with E-state index in [0.717, 1.165) is 20.1 Å². The van der Waals surface area contributed by atoms with E-state index in [1.165, 1.54) is 0 Å². The van der Waals surface area contributed by atoms with Crippen LogP contribution in [0.1, 0.15) is 16.0 Å². The van der Waals surface area contributed by atoms with Crippen LogP contribution in [0.25, 0.3) is 0 Å². The number of carboxylic acids is 2. The molecule has 0 radical (unpaired) electrons. The number of aliphatic carboxylic acids is 2. The van der Waals surface area contributed by atoms with E-state index in [2.05, 4.69) is 47.8 Å². The molecule has 0 heterocycles. The topological polar surface area (TPSA) is 74.6 Å². The maximum atomic E-state index is 10.5. The predicted molar refractivity (Wildman–Crippen MR) is 98.9 cm³/mol. The van der Waals surface area contributed by atoms with Crippen LogP contribution in [0.5, 0.6) is 0 Å². The molecule has 0 fully saturated rings. The maximum absolute atomic E-state index is 10.5. The molecule has 2 aromatic carbocycles. The average molecular weight is 509 g/mol. The highest BCUT2D eigenvalue weighted by Gasteiger charge is 2.14. The summed E-state index contributed by atoms with van der Waals surface area (Å²) in [5.41, 5.74) is 1.56. The summed E-state index contributed by atoms with van der Waals surface area (Å²) in [7, 11) is 0. The van der Waals surface area contributed by atoms with Gasteiger partial charge in [0.2, 0.25) is 0 Å². The molecule has 2 aromatic rings. The molecule has 0 amide bonds. The lowest BCUT2D eigenvalue weighted by Gasteiger charge is -2.03. The molecule has 0 bridgehead atoms. The largest absolute Gasteiger partial charge is 0.481 e. The van der Waals surface area contributed by atoms with Crippen LogP contribution in [0.15, 0.2) is 57.5 Å². The Kier molecular flexibility index (Phi) is 8.51. The summed E-state index contributed by atoms with van der Waals surface area (Å²) in [5.74, 6) is -1.68. The first-order chi connectivity index (χ1) is 10.8. The van der Waals surface area contributed by atoms with Crippen molar-refractivity contribution in [2.24, 2.45) is 0 Å². The van der Waals surface area contributed by atoms with Gasteiger partial charge in [0, 0.05) is 8.95 Å². The fraction of sp³-hybridized carbons (Fsp3) is 0.125. The Morgan fingerprint density at radius 1 is 0.870 bits per heavy atom. The molecule has 23 heavy (non-hydrogen) atoms. The lowest BCUT2D eigenvalue weighted by atomic mass is 10.2. The van der Waals surface area contributed by atoms with Crippen molar-refractivity contribution in [1.29, 1.82) is 0 Å². The zero-order valence-electron chi connectivity index (χ0n) is 11.7. The molecular weight excluding hydrogens is 496 g/mol. The molecule has 122 valence electrons. The molecule has 0 aliphatic carbocycles. The van der Waals surface area contributed by atoms with Gasteiger partial charge in [-0.15, -0.1) is 0 Å². The molecule has 2 N–H and O–H groups in total. The van der Waals surface area contributed by atoms with Crippen LogP contribution in [-0.2, 0) is 16.0 Å². The van der Waals surface area contributed by atoms with Crippen LogP contribution in [0.3, 0.4) is 0 Å². The van der Waals surface area contributed by atoms with Crippen LogP contribution in [0, 0.1) is 0 Å². The second-order valence-corrected chi connectivity index (χ2v) is 7.20. The molecular formula is C16H13Br3O4.